The smallest absolute Gasteiger partial charge is 0.338 e. The Kier molecular flexibility index (Phi) is 4.27. The molecule has 27 heavy (non-hydrogen) atoms. The summed E-state index contributed by atoms with van der Waals surface area (Å²) in [6.45, 7) is 1.99. The van der Waals surface area contributed by atoms with Gasteiger partial charge in [-0.1, -0.05) is 30.3 Å². The van der Waals surface area contributed by atoms with Crippen molar-refractivity contribution in [3.8, 4) is 5.75 Å². The van der Waals surface area contributed by atoms with Crippen LogP contribution in [-0.2, 0) is 22.5 Å². The molecular formula is C18H18N4O5. The second kappa shape index (κ2) is 6.75. The largest absolute Gasteiger partial charge is 0.496 e. The number of aryl methyl sites for hydroxylation is 1. The van der Waals surface area contributed by atoms with E-state index in [1.54, 1.807) is 19.2 Å². The molecule has 0 saturated heterocycles. The Balaban J connectivity index is 1.72. The van der Waals surface area contributed by atoms with Gasteiger partial charge in [0.15, 0.2) is 5.82 Å². The second-order valence-electron chi connectivity index (χ2n) is 6.10. The maximum absolute atomic E-state index is 12.8. The minimum atomic E-state index is -0.649. The summed E-state index contributed by atoms with van der Waals surface area (Å²) >= 11 is 0. The summed E-state index contributed by atoms with van der Waals surface area (Å²) in [6.07, 6.45) is 0.626. The lowest BCUT2D eigenvalue weighted by Gasteiger charge is -2.32. The lowest BCUT2D eigenvalue weighted by molar-refractivity contribution is -0.136. The highest BCUT2D eigenvalue weighted by Crippen LogP contribution is 2.38. The van der Waals surface area contributed by atoms with Gasteiger partial charge in [-0.05, 0) is 6.07 Å². The van der Waals surface area contributed by atoms with Crippen molar-refractivity contribution in [2.24, 2.45) is 0 Å². The molecule has 1 unspecified atom stereocenters. The molecule has 0 saturated carbocycles. The van der Waals surface area contributed by atoms with Crippen LogP contribution >= 0.6 is 0 Å². The van der Waals surface area contributed by atoms with E-state index in [9.17, 15) is 9.59 Å². The Labute approximate surface area is 154 Å². The molecule has 0 aliphatic carbocycles. The van der Waals surface area contributed by atoms with E-state index in [4.69, 9.17) is 14.0 Å². The van der Waals surface area contributed by atoms with E-state index in [2.05, 4.69) is 15.5 Å². The number of nitrogens with one attached hydrogen (secondary N) is 1. The summed E-state index contributed by atoms with van der Waals surface area (Å²) in [5.41, 5.74) is 1.57. The van der Waals surface area contributed by atoms with Crippen LogP contribution in [0.1, 0.15) is 30.2 Å². The first kappa shape index (κ1) is 17.1. The van der Waals surface area contributed by atoms with Gasteiger partial charge in [-0.25, -0.2) is 9.59 Å². The molecule has 0 fully saturated rings. The molecule has 2 aromatic rings. The quantitative estimate of drug-likeness (QED) is 0.799. The van der Waals surface area contributed by atoms with Crippen LogP contribution in [0.25, 0.3) is 0 Å². The maximum atomic E-state index is 12.8. The molecule has 2 aliphatic rings. The van der Waals surface area contributed by atoms with Crippen molar-refractivity contribution in [3.05, 3.63) is 52.8 Å². The molecule has 0 radical (unpaired) electrons. The van der Waals surface area contributed by atoms with Crippen LogP contribution < -0.4 is 10.1 Å². The third kappa shape index (κ3) is 2.90. The number of hydrogen-bond acceptors (Lipinski definition) is 7. The highest BCUT2D eigenvalue weighted by atomic mass is 16.5. The molecule has 140 valence electrons. The zero-order valence-electron chi connectivity index (χ0n) is 14.9. The van der Waals surface area contributed by atoms with Crippen molar-refractivity contribution in [3.63, 3.8) is 0 Å². The number of carbonyl (C=O) groups excluding carboxylic acids is 2. The minimum absolute atomic E-state index is 0.0159. The van der Waals surface area contributed by atoms with Gasteiger partial charge in [-0.2, -0.15) is 4.98 Å². The minimum Gasteiger partial charge on any atom is -0.496 e. The zero-order valence-corrected chi connectivity index (χ0v) is 14.9. The summed E-state index contributed by atoms with van der Waals surface area (Å²) in [6, 6.07) is 6.20. The number of rotatable bonds is 5. The van der Waals surface area contributed by atoms with Gasteiger partial charge in [-0.3, -0.25) is 4.90 Å². The lowest BCUT2D eigenvalue weighted by Crippen LogP contribution is -2.47. The Morgan fingerprint density at radius 2 is 2.15 bits per heavy atom. The van der Waals surface area contributed by atoms with Gasteiger partial charge in [0.1, 0.15) is 18.9 Å². The fourth-order valence-electron chi connectivity index (χ4n) is 3.25. The van der Waals surface area contributed by atoms with Gasteiger partial charge in [0, 0.05) is 12.0 Å². The number of methoxy groups -OCH3 is 1. The standard InChI is InChI=1S/C18H18N4O5/c1-3-13-19-14(27-21-13)8-22-11-9-26-17(23)15(11)16(20-18(22)24)10-6-4-5-7-12(10)25-2/h4-7,16H,3,8-9H2,1-2H3,(H,20,24). The van der Waals surface area contributed by atoms with E-state index in [1.165, 1.54) is 4.90 Å². The molecule has 2 amide bonds. The first-order valence-corrected chi connectivity index (χ1v) is 8.55. The number of esters is 1. The van der Waals surface area contributed by atoms with E-state index in [0.717, 1.165) is 0 Å². The van der Waals surface area contributed by atoms with E-state index in [0.29, 0.717) is 40.7 Å². The number of urea groups is 1. The first-order valence-electron chi connectivity index (χ1n) is 8.55. The average molecular weight is 370 g/mol. The van der Waals surface area contributed by atoms with Crippen molar-refractivity contribution in [1.82, 2.24) is 20.4 Å². The predicted octanol–water partition coefficient (Wildman–Crippen LogP) is 1.72. The fraction of sp³-hybridized carbons (Fsp3) is 0.333. The van der Waals surface area contributed by atoms with Crippen LogP contribution in [0, 0.1) is 0 Å². The van der Waals surface area contributed by atoms with Gasteiger partial charge in [-0.15, -0.1) is 0 Å². The van der Waals surface area contributed by atoms with Crippen LogP contribution in [-0.4, -0.2) is 40.8 Å². The Morgan fingerprint density at radius 3 is 2.89 bits per heavy atom. The maximum Gasteiger partial charge on any atom is 0.338 e. The summed E-state index contributed by atoms with van der Waals surface area (Å²) < 4.78 is 15.8. The fourth-order valence-corrected chi connectivity index (χ4v) is 3.25. The number of ether oxygens (including phenoxy) is 2. The highest BCUT2D eigenvalue weighted by Gasteiger charge is 2.43. The topological polar surface area (TPSA) is 107 Å². The monoisotopic (exact) mass is 370 g/mol. The number of hydrogen-bond donors (Lipinski definition) is 1. The van der Waals surface area contributed by atoms with Crippen LogP contribution in [0.4, 0.5) is 4.79 Å². The molecule has 2 aliphatic heterocycles. The first-order chi connectivity index (χ1) is 13.1. The molecule has 0 bridgehead atoms. The summed E-state index contributed by atoms with van der Waals surface area (Å²) in [7, 11) is 1.54. The van der Waals surface area contributed by atoms with Crippen molar-refractivity contribution in [2.75, 3.05) is 13.7 Å². The molecule has 0 spiro atoms. The summed E-state index contributed by atoms with van der Waals surface area (Å²) in [5.74, 6) is 0.962. The molecule has 1 atom stereocenters. The number of amides is 2. The van der Waals surface area contributed by atoms with E-state index in [1.807, 2.05) is 19.1 Å². The normalized spacial score (nSPS) is 19.0. The molecule has 9 nitrogen and oxygen atoms in total. The van der Waals surface area contributed by atoms with Gasteiger partial charge >= 0.3 is 12.0 Å². The van der Waals surface area contributed by atoms with Crippen LogP contribution in [0.5, 0.6) is 5.75 Å². The van der Waals surface area contributed by atoms with Crippen molar-refractivity contribution in [1.29, 1.82) is 0 Å². The molecule has 9 heteroatoms. The van der Waals surface area contributed by atoms with Crippen LogP contribution in [0.3, 0.4) is 0 Å². The molecule has 1 N–H and O–H groups in total. The Morgan fingerprint density at radius 1 is 1.33 bits per heavy atom. The van der Waals surface area contributed by atoms with Gasteiger partial charge in [0.05, 0.1) is 24.4 Å². The third-order valence-electron chi connectivity index (χ3n) is 4.57. The number of aromatic nitrogens is 2. The molecular weight excluding hydrogens is 352 g/mol. The Bertz CT molecular complexity index is 935. The zero-order chi connectivity index (χ0) is 19.0. The summed E-state index contributed by atoms with van der Waals surface area (Å²) in [4.78, 5) is 30.8. The van der Waals surface area contributed by atoms with Gasteiger partial charge < -0.3 is 19.3 Å². The highest BCUT2D eigenvalue weighted by molar-refractivity contribution is 5.97. The van der Waals surface area contributed by atoms with Crippen LogP contribution in [0.2, 0.25) is 0 Å². The number of para-hydroxylation sites is 1. The van der Waals surface area contributed by atoms with Crippen molar-refractivity contribution in [2.45, 2.75) is 25.9 Å². The van der Waals surface area contributed by atoms with Crippen molar-refractivity contribution < 1.29 is 23.6 Å². The van der Waals surface area contributed by atoms with Gasteiger partial charge in [0.25, 0.3) is 0 Å². The van der Waals surface area contributed by atoms with Crippen LogP contribution in [0.15, 0.2) is 40.1 Å². The van der Waals surface area contributed by atoms with Crippen molar-refractivity contribution >= 4 is 12.0 Å². The summed E-state index contributed by atoms with van der Waals surface area (Å²) in [5, 5.41) is 6.69. The predicted molar refractivity (Wildman–Crippen MR) is 91.5 cm³/mol. The number of carbonyl (C=O) groups is 2. The van der Waals surface area contributed by atoms with E-state index < -0.39 is 12.0 Å². The second-order valence-corrected chi connectivity index (χ2v) is 6.10. The third-order valence-corrected chi connectivity index (χ3v) is 4.57. The SMILES string of the molecule is CCc1noc(CN2C(=O)NC(c3ccccc3OC)C3=C2COC3=O)n1. The molecule has 4 rings (SSSR count). The molecule has 1 aromatic carbocycles. The number of cyclic esters (lactones) is 1. The number of benzene rings is 1. The number of nitrogens with zero attached hydrogens (tertiary/aromatic N) is 3. The molecule has 3 heterocycles. The van der Waals surface area contributed by atoms with E-state index >= 15 is 0 Å². The van der Waals surface area contributed by atoms with Gasteiger partial charge in [0.2, 0.25) is 5.89 Å². The average Bonchev–Trinajstić information content (AvgIpc) is 3.30. The van der Waals surface area contributed by atoms with E-state index in [-0.39, 0.29) is 19.2 Å². The lowest BCUT2D eigenvalue weighted by atomic mass is 9.95. The Hall–Kier alpha value is -3.36. The molecule has 1 aromatic heterocycles.